The van der Waals surface area contributed by atoms with Crippen molar-refractivity contribution in [3.8, 4) is 6.07 Å². The monoisotopic (exact) mass is 260 g/mol. The molecule has 1 saturated heterocycles. The van der Waals surface area contributed by atoms with Crippen LogP contribution in [0.4, 0.5) is 4.79 Å². The van der Waals surface area contributed by atoms with Crippen molar-refractivity contribution in [3.05, 3.63) is 29.1 Å². The molecule has 0 unspecified atom stereocenters. The van der Waals surface area contributed by atoms with Crippen LogP contribution >= 0.6 is 0 Å². The Morgan fingerprint density at radius 3 is 3.05 bits per heavy atom. The van der Waals surface area contributed by atoms with Crippen molar-refractivity contribution in [2.45, 2.75) is 13.0 Å². The van der Waals surface area contributed by atoms with Gasteiger partial charge in [-0.05, 0) is 19.1 Å². The summed E-state index contributed by atoms with van der Waals surface area (Å²) in [6, 6.07) is 5.02. The molecule has 7 heteroatoms. The van der Waals surface area contributed by atoms with Gasteiger partial charge in [-0.1, -0.05) is 0 Å². The van der Waals surface area contributed by atoms with Crippen LogP contribution in [-0.2, 0) is 4.74 Å². The van der Waals surface area contributed by atoms with E-state index in [0.717, 1.165) is 0 Å². The SMILES string of the molecule is Cc1nc(C(=O)NC[C@H]2CNC(=O)O2)ccc1C#N. The van der Waals surface area contributed by atoms with Crippen LogP contribution in [0.1, 0.15) is 21.7 Å². The van der Waals surface area contributed by atoms with Gasteiger partial charge in [0.2, 0.25) is 0 Å². The van der Waals surface area contributed by atoms with Gasteiger partial charge in [-0.25, -0.2) is 9.78 Å². The van der Waals surface area contributed by atoms with Crippen LogP contribution in [-0.4, -0.2) is 36.2 Å². The molecule has 2 rings (SSSR count). The molecule has 2 heterocycles. The quantitative estimate of drug-likeness (QED) is 0.802. The summed E-state index contributed by atoms with van der Waals surface area (Å²) >= 11 is 0. The molecular formula is C12H12N4O3. The van der Waals surface area contributed by atoms with Crippen LogP contribution in [0.2, 0.25) is 0 Å². The van der Waals surface area contributed by atoms with Gasteiger partial charge >= 0.3 is 6.09 Å². The highest BCUT2D eigenvalue weighted by Gasteiger charge is 2.23. The Morgan fingerprint density at radius 1 is 1.68 bits per heavy atom. The van der Waals surface area contributed by atoms with Gasteiger partial charge < -0.3 is 15.4 Å². The third kappa shape index (κ3) is 2.98. The maximum absolute atomic E-state index is 11.8. The molecule has 98 valence electrons. The molecule has 1 aliphatic heterocycles. The fraction of sp³-hybridized carbons (Fsp3) is 0.333. The summed E-state index contributed by atoms with van der Waals surface area (Å²) in [5.74, 6) is -0.365. The van der Waals surface area contributed by atoms with E-state index in [1.54, 1.807) is 13.0 Å². The molecule has 2 amide bonds. The van der Waals surface area contributed by atoms with Crippen molar-refractivity contribution in [3.63, 3.8) is 0 Å². The number of nitriles is 1. The van der Waals surface area contributed by atoms with Crippen molar-refractivity contribution in [2.24, 2.45) is 0 Å². The Kier molecular flexibility index (Phi) is 3.61. The van der Waals surface area contributed by atoms with Crippen LogP contribution < -0.4 is 10.6 Å². The number of aromatic nitrogens is 1. The zero-order chi connectivity index (χ0) is 13.8. The number of hydrogen-bond acceptors (Lipinski definition) is 5. The number of hydrogen-bond donors (Lipinski definition) is 2. The standard InChI is InChI=1S/C12H12N4O3/c1-7-8(4-13)2-3-10(16-7)11(17)14-5-9-6-15-12(18)19-9/h2-3,9H,5-6H2,1H3,(H,14,17)(H,15,18)/t9-/m0/s1. The second-order valence-corrected chi connectivity index (χ2v) is 4.06. The number of nitrogens with zero attached hydrogens (tertiary/aromatic N) is 2. The second kappa shape index (κ2) is 5.35. The molecule has 1 aromatic heterocycles. The first-order valence-corrected chi connectivity index (χ1v) is 5.70. The molecule has 0 radical (unpaired) electrons. The number of nitrogens with one attached hydrogen (secondary N) is 2. The first-order valence-electron chi connectivity index (χ1n) is 5.70. The second-order valence-electron chi connectivity index (χ2n) is 4.06. The zero-order valence-corrected chi connectivity index (χ0v) is 10.3. The summed E-state index contributed by atoms with van der Waals surface area (Å²) in [5.41, 5.74) is 1.17. The summed E-state index contributed by atoms with van der Waals surface area (Å²) in [6.07, 6.45) is -0.845. The van der Waals surface area contributed by atoms with E-state index in [0.29, 0.717) is 17.8 Å². The minimum Gasteiger partial charge on any atom is -0.442 e. The summed E-state index contributed by atoms with van der Waals surface area (Å²) in [4.78, 5) is 26.7. The van der Waals surface area contributed by atoms with E-state index in [-0.39, 0.29) is 24.2 Å². The lowest BCUT2D eigenvalue weighted by Crippen LogP contribution is -2.34. The number of rotatable bonds is 3. The molecule has 2 N–H and O–H groups in total. The third-order valence-corrected chi connectivity index (χ3v) is 2.68. The summed E-state index contributed by atoms with van der Waals surface area (Å²) in [6.45, 7) is 2.26. The Labute approximate surface area is 109 Å². The van der Waals surface area contributed by atoms with Gasteiger partial charge in [0.1, 0.15) is 17.9 Å². The average Bonchev–Trinajstić information content (AvgIpc) is 2.81. The maximum atomic E-state index is 11.8. The number of aryl methyl sites for hydroxylation is 1. The van der Waals surface area contributed by atoms with Gasteiger partial charge in [0.05, 0.1) is 24.3 Å². The van der Waals surface area contributed by atoms with Crippen LogP contribution in [0.5, 0.6) is 0 Å². The molecule has 1 aromatic rings. The predicted octanol–water partition coefficient (Wildman–Crippen LogP) is 0.0999. The number of carbonyl (C=O) groups excluding carboxylic acids is 2. The summed E-state index contributed by atoms with van der Waals surface area (Å²) in [5, 5.41) is 13.9. The first kappa shape index (κ1) is 12.8. The molecule has 19 heavy (non-hydrogen) atoms. The smallest absolute Gasteiger partial charge is 0.407 e. The van der Waals surface area contributed by atoms with Gasteiger partial charge in [0.15, 0.2) is 0 Å². The molecule has 7 nitrogen and oxygen atoms in total. The van der Waals surface area contributed by atoms with Crippen molar-refractivity contribution in [1.82, 2.24) is 15.6 Å². The topological polar surface area (TPSA) is 104 Å². The minimum absolute atomic E-state index is 0.221. The molecule has 0 spiro atoms. The molecule has 0 aromatic carbocycles. The van der Waals surface area contributed by atoms with Crippen LogP contribution in [0, 0.1) is 18.3 Å². The van der Waals surface area contributed by atoms with Crippen LogP contribution in [0.25, 0.3) is 0 Å². The molecule has 1 fully saturated rings. The third-order valence-electron chi connectivity index (χ3n) is 2.68. The normalized spacial score (nSPS) is 17.3. The van der Waals surface area contributed by atoms with Crippen LogP contribution in [0.15, 0.2) is 12.1 Å². The summed E-state index contributed by atoms with van der Waals surface area (Å²) < 4.78 is 4.88. The fourth-order valence-corrected chi connectivity index (χ4v) is 1.65. The molecular weight excluding hydrogens is 248 g/mol. The van der Waals surface area contributed by atoms with Gasteiger partial charge in [-0.2, -0.15) is 5.26 Å². The summed E-state index contributed by atoms with van der Waals surface area (Å²) in [7, 11) is 0. The van der Waals surface area contributed by atoms with E-state index in [1.165, 1.54) is 6.07 Å². The number of pyridine rings is 1. The highest BCUT2D eigenvalue weighted by atomic mass is 16.6. The van der Waals surface area contributed by atoms with Gasteiger partial charge in [-0.3, -0.25) is 4.79 Å². The highest BCUT2D eigenvalue weighted by Crippen LogP contribution is 2.05. The van der Waals surface area contributed by atoms with Crippen molar-refractivity contribution >= 4 is 12.0 Å². The van der Waals surface area contributed by atoms with E-state index in [2.05, 4.69) is 15.6 Å². The maximum Gasteiger partial charge on any atom is 0.407 e. The number of cyclic esters (lactones) is 1. The molecule has 0 aliphatic carbocycles. The van der Waals surface area contributed by atoms with Crippen molar-refractivity contribution in [2.75, 3.05) is 13.1 Å². The van der Waals surface area contributed by atoms with Crippen molar-refractivity contribution < 1.29 is 14.3 Å². The Morgan fingerprint density at radius 2 is 2.47 bits per heavy atom. The lowest BCUT2D eigenvalue weighted by atomic mass is 10.2. The van der Waals surface area contributed by atoms with E-state index in [4.69, 9.17) is 10.00 Å². The van der Waals surface area contributed by atoms with E-state index in [1.807, 2.05) is 6.07 Å². The van der Waals surface area contributed by atoms with Gasteiger partial charge in [-0.15, -0.1) is 0 Å². The van der Waals surface area contributed by atoms with Gasteiger partial charge in [0, 0.05) is 0 Å². The lowest BCUT2D eigenvalue weighted by molar-refractivity contribution is 0.0911. The zero-order valence-electron chi connectivity index (χ0n) is 10.3. The number of ether oxygens (including phenoxy) is 1. The Hall–Kier alpha value is -2.62. The Balaban J connectivity index is 1.95. The minimum atomic E-state index is -0.480. The lowest BCUT2D eigenvalue weighted by Gasteiger charge is -2.09. The van der Waals surface area contributed by atoms with E-state index < -0.39 is 6.09 Å². The predicted molar refractivity (Wildman–Crippen MR) is 64.3 cm³/mol. The van der Waals surface area contributed by atoms with E-state index >= 15 is 0 Å². The molecule has 0 saturated carbocycles. The van der Waals surface area contributed by atoms with Crippen LogP contribution in [0.3, 0.4) is 0 Å². The number of alkyl carbamates (subject to hydrolysis) is 1. The van der Waals surface area contributed by atoms with Crippen molar-refractivity contribution in [1.29, 1.82) is 5.26 Å². The molecule has 1 atom stereocenters. The largest absolute Gasteiger partial charge is 0.442 e. The molecule has 0 bridgehead atoms. The van der Waals surface area contributed by atoms with Gasteiger partial charge in [0.25, 0.3) is 5.91 Å². The number of carbonyl (C=O) groups is 2. The first-order chi connectivity index (χ1) is 9.10. The average molecular weight is 260 g/mol. The highest BCUT2D eigenvalue weighted by molar-refractivity contribution is 5.92. The van der Waals surface area contributed by atoms with E-state index in [9.17, 15) is 9.59 Å². The molecule has 1 aliphatic rings. The Bertz CT molecular complexity index is 565. The fourth-order valence-electron chi connectivity index (χ4n) is 1.65. The number of amides is 2.